The highest BCUT2D eigenvalue weighted by Gasteiger charge is 1.99. The quantitative estimate of drug-likeness (QED) is 0.714. The summed E-state index contributed by atoms with van der Waals surface area (Å²) in [5, 5.41) is 0. The normalized spacial score (nSPS) is 9.83. The van der Waals surface area contributed by atoms with Gasteiger partial charge in [-0.15, -0.1) is 0 Å². The minimum absolute atomic E-state index is 0.110. The number of aryl methyl sites for hydroxylation is 1. The van der Waals surface area contributed by atoms with Gasteiger partial charge >= 0.3 is 0 Å². The van der Waals surface area contributed by atoms with E-state index >= 15 is 0 Å². The van der Waals surface area contributed by atoms with Crippen molar-refractivity contribution in [3.63, 3.8) is 0 Å². The molecule has 0 spiro atoms. The molecule has 0 radical (unpaired) electrons. The van der Waals surface area contributed by atoms with Gasteiger partial charge in [0.25, 0.3) is 5.56 Å². The van der Waals surface area contributed by atoms with Gasteiger partial charge in [-0.25, -0.2) is 0 Å². The van der Waals surface area contributed by atoms with Crippen LogP contribution in [0, 0.1) is 6.92 Å². The van der Waals surface area contributed by atoms with E-state index in [1.807, 2.05) is 0 Å². The maximum absolute atomic E-state index is 11.3. The molecule has 0 N–H and O–H groups in total. The van der Waals surface area contributed by atoms with Gasteiger partial charge in [-0.2, -0.15) is 0 Å². The number of aldehydes is 1. The molecule has 0 atom stereocenters. The van der Waals surface area contributed by atoms with Crippen molar-refractivity contribution >= 4 is 22.2 Å². The van der Waals surface area contributed by atoms with Gasteiger partial charge in [0.1, 0.15) is 6.29 Å². The third kappa shape index (κ3) is 1.82. The Balaban J connectivity index is 3.27. The zero-order valence-corrected chi connectivity index (χ0v) is 8.17. The Kier molecular flexibility index (Phi) is 2.81. The summed E-state index contributed by atoms with van der Waals surface area (Å²) in [6, 6.07) is 1.73. The minimum Gasteiger partial charge on any atom is -0.307 e. The number of carbonyl (C=O) groups is 1. The van der Waals surface area contributed by atoms with E-state index in [1.54, 1.807) is 19.2 Å². The van der Waals surface area contributed by atoms with Crippen molar-refractivity contribution in [1.82, 2.24) is 4.57 Å². The van der Waals surface area contributed by atoms with Gasteiger partial charge in [-0.3, -0.25) is 4.79 Å². The van der Waals surface area contributed by atoms with Gasteiger partial charge < -0.3 is 9.36 Å². The summed E-state index contributed by atoms with van der Waals surface area (Å²) in [6.45, 7) is 1.83. The SMILES string of the molecule is Cc1cc(Br)cn(CC=O)c1=O. The lowest BCUT2D eigenvalue weighted by atomic mass is 10.3. The largest absolute Gasteiger partial charge is 0.307 e. The molecule has 64 valence electrons. The highest BCUT2D eigenvalue weighted by Crippen LogP contribution is 2.07. The van der Waals surface area contributed by atoms with Gasteiger partial charge in [-0.05, 0) is 28.9 Å². The summed E-state index contributed by atoms with van der Waals surface area (Å²) in [7, 11) is 0. The predicted octanol–water partition coefficient (Wildman–Crippen LogP) is 1.12. The van der Waals surface area contributed by atoms with Crippen LogP contribution in [0.3, 0.4) is 0 Å². The van der Waals surface area contributed by atoms with Crippen molar-refractivity contribution in [2.75, 3.05) is 0 Å². The van der Waals surface area contributed by atoms with Crippen LogP contribution < -0.4 is 5.56 Å². The molecule has 4 heteroatoms. The Morgan fingerprint density at radius 2 is 2.33 bits per heavy atom. The van der Waals surface area contributed by atoms with Crippen LogP contribution in [-0.4, -0.2) is 10.9 Å². The Labute approximate surface area is 78.1 Å². The number of hydrogen-bond acceptors (Lipinski definition) is 2. The molecule has 0 aliphatic carbocycles. The molecule has 12 heavy (non-hydrogen) atoms. The number of nitrogens with zero attached hydrogens (tertiary/aromatic N) is 1. The molecule has 0 aromatic carbocycles. The van der Waals surface area contributed by atoms with Gasteiger partial charge in [0.05, 0.1) is 6.54 Å². The summed E-state index contributed by atoms with van der Waals surface area (Å²) in [6.07, 6.45) is 2.30. The molecule has 0 fully saturated rings. The average molecular weight is 230 g/mol. The van der Waals surface area contributed by atoms with E-state index in [4.69, 9.17) is 0 Å². The third-order valence-corrected chi connectivity index (χ3v) is 1.94. The number of hydrogen-bond donors (Lipinski definition) is 0. The lowest BCUT2D eigenvalue weighted by Crippen LogP contribution is -2.22. The van der Waals surface area contributed by atoms with Crippen LogP contribution in [0.1, 0.15) is 5.56 Å². The van der Waals surface area contributed by atoms with Crippen LogP contribution in [-0.2, 0) is 11.3 Å². The average Bonchev–Trinajstić information content (AvgIpc) is 2.00. The van der Waals surface area contributed by atoms with Crippen LogP contribution in [0.2, 0.25) is 0 Å². The molecular formula is C8H8BrNO2. The molecule has 0 saturated carbocycles. The van der Waals surface area contributed by atoms with Crippen molar-refractivity contribution in [2.24, 2.45) is 0 Å². The molecule has 0 saturated heterocycles. The molecule has 0 amide bonds. The highest BCUT2D eigenvalue weighted by molar-refractivity contribution is 9.10. The second-order valence-electron chi connectivity index (χ2n) is 2.47. The third-order valence-electron chi connectivity index (χ3n) is 1.50. The van der Waals surface area contributed by atoms with E-state index in [0.717, 1.165) is 4.47 Å². The van der Waals surface area contributed by atoms with Crippen LogP contribution in [0.5, 0.6) is 0 Å². The molecule has 0 aliphatic heterocycles. The molecule has 1 heterocycles. The van der Waals surface area contributed by atoms with E-state index in [0.29, 0.717) is 11.8 Å². The molecule has 0 aliphatic rings. The topological polar surface area (TPSA) is 39.1 Å². The molecule has 0 bridgehead atoms. The van der Waals surface area contributed by atoms with Crippen molar-refractivity contribution in [2.45, 2.75) is 13.5 Å². The Hall–Kier alpha value is -0.900. The summed E-state index contributed by atoms with van der Waals surface area (Å²) in [5.74, 6) is 0. The lowest BCUT2D eigenvalue weighted by Gasteiger charge is -2.02. The fourth-order valence-corrected chi connectivity index (χ4v) is 1.55. The summed E-state index contributed by atoms with van der Waals surface area (Å²) >= 11 is 3.24. The second-order valence-corrected chi connectivity index (χ2v) is 3.38. The summed E-state index contributed by atoms with van der Waals surface area (Å²) in [4.78, 5) is 21.5. The number of halogens is 1. The molecule has 1 rings (SSSR count). The fourth-order valence-electron chi connectivity index (χ4n) is 0.956. The Morgan fingerprint density at radius 3 is 2.92 bits per heavy atom. The first-order chi connectivity index (χ1) is 5.65. The maximum atomic E-state index is 11.3. The number of carbonyl (C=O) groups excluding carboxylic acids is 1. The smallest absolute Gasteiger partial charge is 0.253 e. The second kappa shape index (κ2) is 3.67. The van der Waals surface area contributed by atoms with Crippen LogP contribution >= 0.6 is 15.9 Å². The molecule has 0 unspecified atom stereocenters. The van der Waals surface area contributed by atoms with Crippen molar-refractivity contribution < 1.29 is 4.79 Å². The molecule has 3 nitrogen and oxygen atoms in total. The van der Waals surface area contributed by atoms with E-state index in [-0.39, 0.29) is 12.1 Å². The molecule has 1 aromatic rings. The number of rotatable bonds is 2. The van der Waals surface area contributed by atoms with Crippen molar-refractivity contribution in [1.29, 1.82) is 0 Å². The first kappa shape index (κ1) is 9.19. The zero-order chi connectivity index (χ0) is 9.14. The first-order valence-electron chi connectivity index (χ1n) is 3.45. The summed E-state index contributed by atoms with van der Waals surface area (Å²) < 4.78 is 2.17. The molecule has 1 aromatic heterocycles. The van der Waals surface area contributed by atoms with E-state index in [1.165, 1.54) is 4.57 Å². The van der Waals surface area contributed by atoms with Gasteiger partial charge in [0.2, 0.25) is 0 Å². The monoisotopic (exact) mass is 229 g/mol. The number of aromatic nitrogens is 1. The van der Waals surface area contributed by atoms with E-state index in [2.05, 4.69) is 15.9 Å². The number of pyridine rings is 1. The Bertz CT molecular complexity index is 357. The van der Waals surface area contributed by atoms with Crippen molar-refractivity contribution in [3.05, 3.63) is 32.7 Å². The van der Waals surface area contributed by atoms with Gasteiger partial charge in [0.15, 0.2) is 0 Å². The van der Waals surface area contributed by atoms with Gasteiger partial charge in [0, 0.05) is 16.2 Å². The lowest BCUT2D eigenvalue weighted by molar-refractivity contribution is -0.108. The van der Waals surface area contributed by atoms with Crippen LogP contribution in [0.25, 0.3) is 0 Å². The van der Waals surface area contributed by atoms with E-state index < -0.39 is 0 Å². The highest BCUT2D eigenvalue weighted by atomic mass is 79.9. The standard InChI is InChI=1S/C8H8BrNO2/c1-6-4-7(9)5-10(2-3-11)8(6)12/h3-5H,2H2,1H3. The minimum atomic E-state index is -0.120. The van der Waals surface area contributed by atoms with Crippen LogP contribution in [0.4, 0.5) is 0 Å². The first-order valence-corrected chi connectivity index (χ1v) is 4.24. The Morgan fingerprint density at radius 1 is 1.67 bits per heavy atom. The van der Waals surface area contributed by atoms with Crippen molar-refractivity contribution in [3.8, 4) is 0 Å². The summed E-state index contributed by atoms with van der Waals surface area (Å²) in [5.41, 5.74) is 0.511. The molecular weight excluding hydrogens is 222 g/mol. The zero-order valence-electron chi connectivity index (χ0n) is 6.58. The van der Waals surface area contributed by atoms with E-state index in [9.17, 15) is 9.59 Å². The van der Waals surface area contributed by atoms with Crippen LogP contribution in [0.15, 0.2) is 21.5 Å². The maximum Gasteiger partial charge on any atom is 0.253 e. The fraction of sp³-hybridized carbons (Fsp3) is 0.250. The predicted molar refractivity (Wildman–Crippen MR) is 49.2 cm³/mol. The van der Waals surface area contributed by atoms with Gasteiger partial charge in [-0.1, -0.05) is 0 Å².